The molecule has 0 saturated heterocycles. The van der Waals surface area contributed by atoms with E-state index in [-0.39, 0.29) is 0 Å². The predicted molar refractivity (Wildman–Crippen MR) is 247 cm³/mol. The first-order chi connectivity index (χ1) is 29.7. The third-order valence-corrected chi connectivity index (χ3v) is 11.9. The molecule has 0 bridgehead atoms. The predicted octanol–water partition coefficient (Wildman–Crippen LogP) is 14.0. The number of aryl methyl sites for hydroxylation is 1. The molecular weight excluding hydrogens is 729 g/mol. The lowest BCUT2D eigenvalue weighted by Gasteiger charge is -2.22. The van der Waals surface area contributed by atoms with Gasteiger partial charge >= 0.3 is 0 Å². The molecule has 0 N–H and O–H groups in total. The van der Waals surface area contributed by atoms with E-state index in [1.165, 1.54) is 38.2 Å². The van der Waals surface area contributed by atoms with Crippen LogP contribution in [0.1, 0.15) is 28.7 Å². The van der Waals surface area contributed by atoms with Crippen molar-refractivity contribution in [3.05, 3.63) is 210 Å². The van der Waals surface area contributed by atoms with Crippen LogP contribution in [0.25, 0.3) is 100 Å². The van der Waals surface area contributed by atoms with Crippen molar-refractivity contribution < 1.29 is 0 Å². The van der Waals surface area contributed by atoms with Gasteiger partial charge in [-0.1, -0.05) is 176 Å². The van der Waals surface area contributed by atoms with Crippen LogP contribution in [0, 0.1) is 11.3 Å². The summed E-state index contributed by atoms with van der Waals surface area (Å²) >= 11 is 0. The number of benzene rings is 9. The van der Waals surface area contributed by atoms with Crippen molar-refractivity contribution in [1.82, 2.24) is 15.0 Å². The van der Waals surface area contributed by atoms with Crippen molar-refractivity contribution in [2.75, 3.05) is 0 Å². The largest absolute Gasteiger partial charge is 0.208 e. The minimum Gasteiger partial charge on any atom is -0.208 e. The maximum absolute atomic E-state index is 10.3. The average molecular weight is 765 g/mol. The van der Waals surface area contributed by atoms with Gasteiger partial charge in [0.1, 0.15) is 0 Å². The molecule has 0 amide bonds. The zero-order valence-electron chi connectivity index (χ0n) is 32.7. The van der Waals surface area contributed by atoms with Crippen molar-refractivity contribution in [2.24, 2.45) is 0 Å². The number of nitrogens with zero attached hydrogens (tertiary/aromatic N) is 4. The number of hydrogen-bond donors (Lipinski definition) is 0. The van der Waals surface area contributed by atoms with E-state index in [2.05, 4.69) is 133 Å². The highest BCUT2D eigenvalue weighted by Gasteiger charge is 2.20. The second kappa shape index (κ2) is 14.7. The van der Waals surface area contributed by atoms with Crippen LogP contribution in [0.4, 0.5) is 0 Å². The average Bonchev–Trinajstić information content (AvgIpc) is 3.34. The normalized spacial score (nSPS) is 12.3. The van der Waals surface area contributed by atoms with Gasteiger partial charge in [0.05, 0.1) is 11.6 Å². The Morgan fingerprint density at radius 2 is 0.817 bits per heavy atom. The molecule has 1 aliphatic rings. The highest BCUT2D eigenvalue weighted by Crippen LogP contribution is 2.42. The molecule has 4 nitrogen and oxygen atoms in total. The van der Waals surface area contributed by atoms with Gasteiger partial charge in [-0.3, -0.25) is 0 Å². The molecule has 1 aromatic heterocycles. The van der Waals surface area contributed by atoms with E-state index in [9.17, 15) is 5.26 Å². The Morgan fingerprint density at radius 1 is 0.367 bits per heavy atom. The van der Waals surface area contributed by atoms with E-state index in [1.807, 2.05) is 66.7 Å². The smallest absolute Gasteiger partial charge is 0.164 e. The quantitative estimate of drug-likeness (QED) is 0.158. The first-order valence-corrected chi connectivity index (χ1v) is 20.4. The number of allylic oxidation sites excluding steroid dienone is 1. The van der Waals surface area contributed by atoms with Crippen LogP contribution in [0.3, 0.4) is 0 Å². The summed E-state index contributed by atoms with van der Waals surface area (Å²) in [5.41, 5.74) is 12.9. The molecule has 11 rings (SSSR count). The van der Waals surface area contributed by atoms with E-state index >= 15 is 0 Å². The Balaban J connectivity index is 0.976. The van der Waals surface area contributed by atoms with E-state index in [1.54, 1.807) is 0 Å². The summed E-state index contributed by atoms with van der Waals surface area (Å²) in [7, 11) is 0. The molecule has 4 heteroatoms. The Hall–Kier alpha value is -8.00. The Kier molecular flexibility index (Phi) is 8.64. The Bertz CT molecular complexity index is 3300. The zero-order chi connectivity index (χ0) is 40.0. The molecule has 0 spiro atoms. The molecule has 0 unspecified atom stereocenters. The van der Waals surface area contributed by atoms with Crippen LogP contribution in [0.5, 0.6) is 0 Å². The molecule has 0 fully saturated rings. The summed E-state index contributed by atoms with van der Waals surface area (Å²) in [5, 5.41) is 17.8. The number of rotatable bonds is 6. The SMILES string of the molecule is N#Cc1cc(C2=Cc3c(c4ccccc4c4ccccc34)CC2)cc(-c2ccc(-c3ccc(-c4nc(-c5ccccc5)nc(-c5ccccc5)n4)cc3)c3ccccc23)c1. The van der Waals surface area contributed by atoms with E-state index in [0.29, 0.717) is 23.0 Å². The maximum atomic E-state index is 10.3. The summed E-state index contributed by atoms with van der Waals surface area (Å²) in [6.07, 6.45) is 4.23. The van der Waals surface area contributed by atoms with Gasteiger partial charge in [0.15, 0.2) is 17.5 Å². The van der Waals surface area contributed by atoms with Crippen LogP contribution in [0.2, 0.25) is 0 Å². The molecule has 9 aromatic carbocycles. The number of hydrogen-bond acceptors (Lipinski definition) is 4. The molecule has 0 radical (unpaired) electrons. The molecule has 0 aliphatic heterocycles. The third kappa shape index (κ3) is 6.21. The summed E-state index contributed by atoms with van der Waals surface area (Å²) in [5.74, 6) is 1.90. The second-order valence-electron chi connectivity index (χ2n) is 15.4. The van der Waals surface area contributed by atoms with Gasteiger partial charge in [-0.05, 0) is 108 Å². The lowest BCUT2D eigenvalue weighted by atomic mass is 9.82. The number of aromatic nitrogens is 3. The zero-order valence-corrected chi connectivity index (χ0v) is 32.7. The summed E-state index contributed by atoms with van der Waals surface area (Å²) in [6, 6.07) is 68.0. The molecule has 0 atom stereocenters. The molecule has 1 heterocycles. The van der Waals surface area contributed by atoms with Crippen molar-refractivity contribution in [3.8, 4) is 62.5 Å². The minimum atomic E-state index is 0.626. The first kappa shape index (κ1) is 35.2. The fraction of sp³-hybridized carbons (Fsp3) is 0.0357. The van der Waals surface area contributed by atoms with Crippen molar-refractivity contribution in [3.63, 3.8) is 0 Å². The summed E-state index contributed by atoms with van der Waals surface area (Å²) in [6.45, 7) is 0. The monoisotopic (exact) mass is 764 g/mol. The Morgan fingerprint density at radius 3 is 1.40 bits per heavy atom. The lowest BCUT2D eigenvalue weighted by molar-refractivity contribution is 1.02. The van der Waals surface area contributed by atoms with Crippen LogP contribution in [-0.4, -0.2) is 15.0 Å². The van der Waals surface area contributed by atoms with E-state index < -0.39 is 0 Å². The van der Waals surface area contributed by atoms with Gasteiger partial charge < -0.3 is 0 Å². The van der Waals surface area contributed by atoms with Gasteiger partial charge in [0, 0.05) is 16.7 Å². The van der Waals surface area contributed by atoms with Crippen LogP contribution >= 0.6 is 0 Å². The minimum absolute atomic E-state index is 0.626. The number of fused-ring (bicyclic) bond motifs is 7. The highest BCUT2D eigenvalue weighted by atomic mass is 15.0. The second-order valence-corrected chi connectivity index (χ2v) is 15.4. The van der Waals surface area contributed by atoms with Crippen LogP contribution in [-0.2, 0) is 6.42 Å². The van der Waals surface area contributed by atoms with Gasteiger partial charge in [-0.15, -0.1) is 0 Å². The molecular formula is C56H36N4. The highest BCUT2D eigenvalue weighted by molar-refractivity contribution is 6.14. The van der Waals surface area contributed by atoms with Gasteiger partial charge in [0.2, 0.25) is 0 Å². The van der Waals surface area contributed by atoms with Crippen LogP contribution < -0.4 is 0 Å². The maximum Gasteiger partial charge on any atom is 0.164 e. The fourth-order valence-electron chi connectivity index (χ4n) is 8.98. The van der Waals surface area contributed by atoms with Crippen molar-refractivity contribution in [2.45, 2.75) is 12.8 Å². The van der Waals surface area contributed by atoms with Crippen LogP contribution in [0.15, 0.2) is 188 Å². The Labute approximate surface area is 348 Å². The van der Waals surface area contributed by atoms with Crippen molar-refractivity contribution in [1.29, 1.82) is 5.26 Å². The molecule has 280 valence electrons. The van der Waals surface area contributed by atoms with E-state index in [4.69, 9.17) is 15.0 Å². The lowest BCUT2D eigenvalue weighted by Crippen LogP contribution is -2.02. The number of nitriles is 1. The molecule has 60 heavy (non-hydrogen) atoms. The van der Waals surface area contributed by atoms with Crippen molar-refractivity contribution >= 4 is 44.0 Å². The molecule has 10 aromatic rings. The molecule has 0 saturated carbocycles. The van der Waals surface area contributed by atoms with Gasteiger partial charge in [0.25, 0.3) is 0 Å². The summed E-state index contributed by atoms with van der Waals surface area (Å²) in [4.78, 5) is 14.7. The summed E-state index contributed by atoms with van der Waals surface area (Å²) < 4.78 is 0. The third-order valence-electron chi connectivity index (χ3n) is 11.9. The topological polar surface area (TPSA) is 62.5 Å². The van der Waals surface area contributed by atoms with Gasteiger partial charge in [-0.25, -0.2) is 15.0 Å². The fourth-order valence-corrected chi connectivity index (χ4v) is 8.98. The first-order valence-electron chi connectivity index (χ1n) is 20.4. The van der Waals surface area contributed by atoms with Gasteiger partial charge in [-0.2, -0.15) is 5.26 Å². The molecule has 1 aliphatic carbocycles. The van der Waals surface area contributed by atoms with E-state index in [0.717, 1.165) is 68.1 Å². The standard InChI is InChI=1S/C56H36N4/c57-35-36-31-42(41-27-28-52-50-21-10-9-19-48(50)49-20-11-12-22-51(49)53(52)34-41)33-43(32-36)45-30-29-44(46-17-7-8-18-47(45)46)37-23-25-40(26-24-37)56-59-54(38-13-3-1-4-14-38)58-55(60-56)39-15-5-2-6-16-39/h1-26,29-34H,27-28H2.